The maximum atomic E-state index is 12.0. The maximum Gasteiger partial charge on any atom is 0.343 e. The van der Waals surface area contributed by atoms with Gasteiger partial charge in [0.2, 0.25) is 0 Å². The fourth-order valence-electron chi connectivity index (χ4n) is 1.85. The molecule has 0 atom stereocenters. The fraction of sp³-hybridized carbons (Fsp3) is 0.312. The van der Waals surface area contributed by atoms with Crippen molar-refractivity contribution in [1.29, 1.82) is 0 Å². The molecule has 0 aliphatic rings. The molecule has 6 heteroatoms. The molecule has 5 nitrogen and oxygen atoms in total. The van der Waals surface area contributed by atoms with Crippen molar-refractivity contribution < 1.29 is 9.53 Å². The van der Waals surface area contributed by atoms with Crippen molar-refractivity contribution >= 4 is 29.2 Å². The van der Waals surface area contributed by atoms with Crippen molar-refractivity contribution in [2.75, 3.05) is 18.2 Å². The van der Waals surface area contributed by atoms with Crippen molar-refractivity contribution in [3.05, 3.63) is 41.9 Å². The van der Waals surface area contributed by atoms with E-state index in [4.69, 9.17) is 4.74 Å². The van der Waals surface area contributed by atoms with Crippen LogP contribution in [-0.4, -0.2) is 28.8 Å². The minimum Gasteiger partial charge on any atom is -0.462 e. The largest absolute Gasteiger partial charge is 0.462 e. The van der Waals surface area contributed by atoms with Crippen molar-refractivity contribution in [1.82, 2.24) is 9.97 Å². The molecule has 2 rings (SSSR count). The molecule has 0 saturated heterocycles. The smallest absolute Gasteiger partial charge is 0.343 e. The number of nitrogens with one attached hydrogen (secondary N) is 1. The Morgan fingerprint density at radius 1 is 1.27 bits per heavy atom. The van der Waals surface area contributed by atoms with Crippen LogP contribution in [0, 0.1) is 0 Å². The third kappa shape index (κ3) is 3.98. The number of aromatic nitrogens is 2. The molecule has 0 radical (unpaired) electrons. The van der Waals surface area contributed by atoms with E-state index >= 15 is 0 Å². The molecule has 0 aliphatic heterocycles. The Labute approximate surface area is 134 Å². The van der Waals surface area contributed by atoms with Gasteiger partial charge in [0.1, 0.15) is 17.2 Å². The second kappa shape index (κ2) is 7.79. The highest BCUT2D eigenvalue weighted by Gasteiger charge is 2.15. The highest BCUT2D eigenvalue weighted by molar-refractivity contribution is 7.98. The first-order chi connectivity index (χ1) is 10.7. The number of anilines is 2. The molecule has 1 aromatic heterocycles. The van der Waals surface area contributed by atoms with Gasteiger partial charge in [0.15, 0.2) is 0 Å². The molecular weight excluding hydrogens is 298 g/mol. The van der Waals surface area contributed by atoms with Crippen LogP contribution in [0.2, 0.25) is 0 Å². The summed E-state index contributed by atoms with van der Waals surface area (Å²) in [6, 6.07) is 7.93. The van der Waals surface area contributed by atoms with Crippen molar-refractivity contribution in [3.8, 4) is 0 Å². The monoisotopic (exact) mass is 317 g/mol. The van der Waals surface area contributed by atoms with E-state index in [1.165, 1.54) is 11.1 Å². The van der Waals surface area contributed by atoms with Crippen molar-refractivity contribution in [2.45, 2.75) is 25.2 Å². The lowest BCUT2D eigenvalue weighted by Crippen LogP contribution is -2.11. The number of benzene rings is 1. The molecule has 0 bridgehead atoms. The van der Waals surface area contributed by atoms with Crippen LogP contribution in [0.25, 0.3) is 0 Å². The number of carbonyl (C=O) groups excluding carboxylic acids is 1. The Hall–Kier alpha value is -2.08. The topological polar surface area (TPSA) is 64.1 Å². The predicted molar refractivity (Wildman–Crippen MR) is 88.9 cm³/mol. The summed E-state index contributed by atoms with van der Waals surface area (Å²) in [4.78, 5) is 21.8. The van der Waals surface area contributed by atoms with E-state index in [1.54, 1.807) is 18.7 Å². The van der Waals surface area contributed by atoms with Gasteiger partial charge in [-0.2, -0.15) is 0 Å². The second-order valence-electron chi connectivity index (χ2n) is 4.48. The summed E-state index contributed by atoms with van der Waals surface area (Å²) in [7, 11) is 0. The average Bonchev–Trinajstić information content (AvgIpc) is 2.55. The number of rotatable bonds is 6. The molecule has 22 heavy (non-hydrogen) atoms. The van der Waals surface area contributed by atoms with Gasteiger partial charge in [-0.15, -0.1) is 11.8 Å². The summed E-state index contributed by atoms with van der Waals surface area (Å²) in [6.45, 7) is 4.06. The lowest BCUT2D eigenvalue weighted by molar-refractivity contribution is 0.0526. The zero-order valence-electron chi connectivity index (χ0n) is 12.9. The Morgan fingerprint density at radius 3 is 2.59 bits per heavy atom. The highest BCUT2D eigenvalue weighted by Crippen LogP contribution is 2.22. The number of aryl methyl sites for hydroxylation is 1. The van der Waals surface area contributed by atoms with Crippen LogP contribution in [0.3, 0.4) is 0 Å². The first kappa shape index (κ1) is 16.3. The molecule has 116 valence electrons. The Balaban J connectivity index is 2.31. The van der Waals surface area contributed by atoms with Crippen LogP contribution in [0.5, 0.6) is 0 Å². The van der Waals surface area contributed by atoms with E-state index in [9.17, 15) is 4.79 Å². The molecule has 0 spiro atoms. The molecule has 0 aliphatic carbocycles. The molecule has 0 fully saturated rings. The van der Waals surface area contributed by atoms with E-state index in [-0.39, 0.29) is 0 Å². The summed E-state index contributed by atoms with van der Waals surface area (Å²) in [6.07, 6.45) is 4.24. The lowest BCUT2D eigenvalue weighted by Gasteiger charge is -2.11. The van der Waals surface area contributed by atoms with E-state index in [2.05, 4.69) is 15.3 Å². The lowest BCUT2D eigenvalue weighted by atomic mass is 10.2. The summed E-state index contributed by atoms with van der Waals surface area (Å²) < 4.78 is 5.05. The summed E-state index contributed by atoms with van der Waals surface area (Å²) >= 11 is 1.68. The van der Waals surface area contributed by atoms with Gasteiger partial charge in [-0.05, 0) is 37.4 Å². The van der Waals surface area contributed by atoms with E-state index < -0.39 is 5.97 Å². The van der Waals surface area contributed by atoms with Gasteiger partial charge in [0.05, 0.1) is 6.61 Å². The second-order valence-corrected chi connectivity index (χ2v) is 5.36. The number of esters is 1. The SMILES string of the molecule is CCOC(=O)c1cnc(CC)nc1Nc1ccc(SC)cc1. The van der Waals surface area contributed by atoms with Crippen LogP contribution in [-0.2, 0) is 11.2 Å². The molecule has 1 N–H and O–H groups in total. The van der Waals surface area contributed by atoms with Crippen LogP contribution in [0.4, 0.5) is 11.5 Å². The van der Waals surface area contributed by atoms with Gasteiger partial charge in [-0.25, -0.2) is 14.8 Å². The minimum atomic E-state index is -0.423. The Kier molecular flexibility index (Phi) is 5.77. The first-order valence-electron chi connectivity index (χ1n) is 7.12. The van der Waals surface area contributed by atoms with Crippen LogP contribution < -0.4 is 5.32 Å². The summed E-state index contributed by atoms with van der Waals surface area (Å²) in [5.74, 6) is 0.729. The predicted octanol–water partition coefficient (Wildman–Crippen LogP) is 3.68. The molecule has 1 aromatic carbocycles. The van der Waals surface area contributed by atoms with Crippen LogP contribution >= 0.6 is 11.8 Å². The molecule has 2 aromatic rings. The highest BCUT2D eigenvalue weighted by atomic mass is 32.2. The number of hydrogen-bond donors (Lipinski definition) is 1. The zero-order chi connectivity index (χ0) is 15.9. The third-order valence-corrected chi connectivity index (χ3v) is 3.75. The van der Waals surface area contributed by atoms with E-state index in [1.807, 2.05) is 37.4 Å². The van der Waals surface area contributed by atoms with Crippen LogP contribution in [0.1, 0.15) is 30.0 Å². The summed E-state index contributed by atoms with van der Waals surface area (Å²) in [5.41, 5.74) is 1.21. The van der Waals surface area contributed by atoms with Gasteiger partial charge >= 0.3 is 5.97 Å². The van der Waals surface area contributed by atoms with Crippen LogP contribution in [0.15, 0.2) is 35.4 Å². The van der Waals surface area contributed by atoms with E-state index in [0.29, 0.717) is 30.2 Å². The van der Waals surface area contributed by atoms with Gasteiger partial charge in [0.25, 0.3) is 0 Å². The van der Waals surface area contributed by atoms with Gasteiger partial charge < -0.3 is 10.1 Å². The maximum absolute atomic E-state index is 12.0. The molecular formula is C16H19N3O2S. The van der Waals surface area contributed by atoms with Gasteiger partial charge in [-0.1, -0.05) is 6.92 Å². The number of nitrogens with zero attached hydrogens (tertiary/aromatic N) is 2. The zero-order valence-corrected chi connectivity index (χ0v) is 13.7. The Bertz CT molecular complexity index is 644. The van der Waals surface area contributed by atoms with Crippen molar-refractivity contribution in [2.24, 2.45) is 0 Å². The average molecular weight is 317 g/mol. The van der Waals surface area contributed by atoms with Crippen molar-refractivity contribution in [3.63, 3.8) is 0 Å². The Morgan fingerprint density at radius 2 is 2.00 bits per heavy atom. The standard InChI is InChI=1S/C16H19N3O2S/c1-4-14-17-10-13(16(20)21-5-2)15(19-14)18-11-6-8-12(22-3)9-7-11/h6-10H,4-5H2,1-3H3,(H,17,18,19). The van der Waals surface area contributed by atoms with Gasteiger partial charge in [-0.3, -0.25) is 0 Å². The molecule has 0 amide bonds. The normalized spacial score (nSPS) is 10.3. The first-order valence-corrected chi connectivity index (χ1v) is 8.34. The van der Waals surface area contributed by atoms with Gasteiger partial charge in [0, 0.05) is 23.2 Å². The summed E-state index contributed by atoms with van der Waals surface area (Å²) in [5, 5.41) is 3.18. The number of carbonyl (C=O) groups is 1. The number of hydrogen-bond acceptors (Lipinski definition) is 6. The molecule has 1 heterocycles. The minimum absolute atomic E-state index is 0.316. The third-order valence-electron chi connectivity index (χ3n) is 3.00. The van der Waals surface area contributed by atoms with E-state index in [0.717, 1.165) is 5.69 Å². The molecule has 0 saturated carbocycles. The molecule has 0 unspecified atom stereocenters. The number of thioether (sulfide) groups is 1. The quantitative estimate of drug-likeness (QED) is 0.647. The fourth-order valence-corrected chi connectivity index (χ4v) is 2.26. The number of ether oxygens (including phenoxy) is 1.